The fourth-order valence-electron chi connectivity index (χ4n) is 1.11. The molecule has 0 aromatic carbocycles. The molecule has 2 heterocycles. The molecular weight excluding hydrogens is 246 g/mol. The second kappa shape index (κ2) is 4.61. The minimum absolute atomic E-state index is 0.0598. The third-order valence-corrected chi connectivity index (χ3v) is 2.05. The van der Waals surface area contributed by atoms with E-state index >= 15 is 0 Å². The van der Waals surface area contributed by atoms with Crippen LogP contribution in [0.4, 0.5) is 10.7 Å². The minimum Gasteiger partial charge on any atom is -0.273 e. The van der Waals surface area contributed by atoms with Gasteiger partial charge in [0.15, 0.2) is 5.65 Å². The quantitative estimate of drug-likeness (QED) is 0.794. The first-order valence-corrected chi connectivity index (χ1v) is 5.38. The molecule has 0 radical (unpaired) electrons. The number of pyridine rings is 1. The molecule has 9 heteroatoms. The first-order chi connectivity index (χ1) is 8.15. The van der Waals surface area contributed by atoms with E-state index in [1.54, 1.807) is 12.1 Å². The minimum atomic E-state index is -2.80. The summed E-state index contributed by atoms with van der Waals surface area (Å²) in [5.41, 5.74) is 0.390. The topological polar surface area (TPSA) is 114 Å². The predicted octanol–water partition coefficient (Wildman–Crippen LogP) is 0.619. The van der Waals surface area contributed by atoms with Crippen LogP contribution in [0.1, 0.15) is 0 Å². The van der Waals surface area contributed by atoms with Gasteiger partial charge in [0, 0.05) is 17.8 Å². The molecule has 0 atom stereocenters. The lowest BCUT2D eigenvalue weighted by Gasteiger charge is -1.99. The fourth-order valence-corrected chi connectivity index (χ4v) is 1.29. The Morgan fingerprint density at radius 2 is 2.18 bits per heavy atom. The number of nitrogens with one attached hydrogen (secondary N) is 1. The van der Waals surface area contributed by atoms with Crippen LogP contribution in [0, 0.1) is 0 Å². The van der Waals surface area contributed by atoms with Crippen molar-refractivity contribution in [1.82, 2.24) is 15.0 Å². The Kier molecular flexibility index (Phi) is 3.01. The van der Waals surface area contributed by atoms with Gasteiger partial charge in [0.25, 0.3) is 0 Å². The van der Waals surface area contributed by atoms with Crippen LogP contribution < -0.4 is 5.32 Å². The van der Waals surface area contributed by atoms with E-state index < -0.39 is 16.5 Å². The maximum atomic E-state index is 11.0. The highest BCUT2D eigenvalue weighted by Gasteiger charge is 2.04. The van der Waals surface area contributed by atoms with Gasteiger partial charge < -0.3 is 0 Å². The van der Waals surface area contributed by atoms with Crippen molar-refractivity contribution in [2.75, 3.05) is 5.32 Å². The van der Waals surface area contributed by atoms with E-state index in [1.165, 1.54) is 12.4 Å². The number of amides is 2. The van der Waals surface area contributed by atoms with Gasteiger partial charge in [0.05, 0.1) is 0 Å². The molecule has 0 spiro atoms. The van der Waals surface area contributed by atoms with Gasteiger partial charge in [-0.25, -0.2) is 14.8 Å². The largest absolute Gasteiger partial charge is 0.362 e. The van der Waals surface area contributed by atoms with Crippen LogP contribution in [0.25, 0.3) is 11.0 Å². The summed E-state index contributed by atoms with van der Waals surface area (Å²) in [4.78, 5) is 22.7. The molecule has 8 nitrogen and oxygen atoms in total. The molecule has 0 fully saturated rings. The van der Waals surface area contributed by atoms with Crippen LogP contribution in [0.3, 0.4) is 0 Å². The molecule has 0 unspecified atom stereocenters. The maximum absolute atomic E-state index is 11.0. The second-order valence-electron chi connectivity index (χ2n) is 2.85. The Labute approximate surface area is 96.4 Å². The maximum Gasteiger partial charge on any atom is 0.362 e. The van der Waals surface area contributed by atoms with E-state index in [1.807, 2.05) is 0 Å². The molecule has 2 aromatic rings. The summed E-state index contributed by atoms with van der Waals surface area (Å²) in [7, 11) is -2.80. The molecule has 86 valence electrons. The van der Waals surface area contributed by atoms with Crippen LogP contribution in [0.5, 0.6) is 0 Å². The Bertz CT molecular complexity index is 704. The Balaban J connectivity index is 2.31. The first kappa shape index (κ1) is 11.1. The summed E-state index contributed by atoms with van der Waals surface area (Å²) in [6, 6.07) is 2.42. The lowest BCUT2D eigenvalue weighted by molar-refractivity contribution is 0.260. The van der Waals surface area contributed by atoms with Crippen LogP contribution >= 0.6 is 0 Å². The number of hydrogen-bond donors (Lipinski definition) is 1. The summed E-state index contributed by atoms with van der Waals surface area (Å²) in [5.74, 6) is -0.0598. The molecule has 2 rings (SSSR count). The summed E-state index contributed by atoms with van der Waals surface area (Å²) >= 11 is 0. The number of carbonyl (C=O) groups excluding carboxylic acids is 1. The third kappa shape index (κ3) is 2.78. The zero-order valence-electron chi connectivity index (χ0n) is 8.23. The Morgan fingerprint density at radius 1 is 1.35 bits per heavy atom. The molecule has 1 N–H and O–H groups in total. The highest BCUT2D eigenvalue weighted by atomic mass is 32.2. The van der Waals surface area contributed by atoms with Crippen molar-refractivity contribution in [2.45, 2.75) is 0 Å². The smallest absolute Gasteiger partial charge is 0.273 e. The van der Waals surface area contributed by atoms with Crippen molar-refractivity contribution in [3.8, 4) is 0 Å². The van der Waals surface area contributed by atoms with E-state index in [2.05, 4.69) is 24.6 Å². The van der Waals surface area contributed by atoms with Crippen LogP contribution in [-0.4, -0.2) is 29.4 Å². The number of anilines is 1. The van der Waals surface area contributed by atoms with Crippen LogP contribution in [0.2, 0.25) is 0 Å². The van der Waals surface area contributed by atoms with E-state index in [0.717, 1.165) is 0 Å². The van der Waals surface area contributed by atoms with Crippen LogP contribution in [0.15, 0.2) is 28.9 Å². The number of rotatable bonds is 1. The summed E-state index contributed by atoms with van der Waals surface area (Å²) in [6.07, 6.45) is 3.00. The zero-order valence-corrected chi connectivity index (χ0v) is 9.05. The highest BCUT2D eigenvalue weighted by molar-refractivity contribution is 7.62. The average Bonchev–Trinajstić information content (AvgIpc) is 2.27. The van der Waals surface area contributed by atoms with Crippen molar-refractivity contribution in [2.24, 2.45) is 4.36 Å². The molecule has 0 saturated heterocycles. The number of urea groups is 1. The van der Waals surface area contributed by atoms with Crippen molar-refractivity contribution >= 4 is 33.5 Å². The third-order valence-electron chi connectivity index (χ3n) is 1.73. The predicted molar refractivity (Wildman–Crippen MR) is 57.7 cm³/mol. The van der Waals surface area contributed by atoms with E-state index in [0.29, 0.717) is 11.0 Å². The van der Waals surface area contributed by atoms with Crippen molar-refractivity contribution in [1.29, 1.82) is 0 Å². The molecule has 17 heavy (non-hydrogen) atoms. The molecule has 2 aromatic heterocycles. The summed E-state index contributed by atoms with van der Waals surface area (Å²) in [5, 5.41) is 2.81. The number of aromatic nitrogens is 3. The number of carbonyl (C=O) groups is 1. The van der Waals surface area contributed by atoms with Crippen molar-refractivity contribution in [3.63, 3.8) is 0 Å². The van der Waals surface area contributed by atoms with Crippen molar-refractivity contribution < 1.29 is 13.2 Å². The highest BCUT2D eigenvalue weighted by Crippen LogP contribution is 2.08. The van der Waals surface area contributed by atoms with Crippen molar-refractivity contribution in [3.05, 3.63) is 24.5 Å². The molecule has 0 aliphatic rings. The van der Waals surface area contributed by atoms with Gasteiger partial charge in [-0.15, -0.1) is 0 Å². The van der Waals surface area contributed by atoms with E-state index in [4.69, 9.17) is 0 Å². The molecule has 0 bridgehead atoms. The first-order valence-electron chi connectivity index (χ1n) is 4.35. The van der Waals surface area contributed by atoms with Gasteiger partial charge in [-0.05, 0) is 12.1 Å². The molecular formula is C8H5N5O3S. The molecule has 0 aliphatic heterocycles. The van der Waals surface area contributed by atoms with Gasteiger partial charge in [0.2, 0.25) is 5.95 Å². The fraction of sp³-hybridized carbons (Fsp3) is 0. The van der Waals surface area contributed by atoms with Gasteiger partial charge in [0.1, 0.15) is 0 Å². The second-order valence-corrected chi connectivity index (χ2v) is 3.47. The van der Waals surface area contributed by atoms with E-state index in [9.17, 15) is 13.2 Å². The lowest BCUT2D eigenvalue weighted by atomic mass is 10.3. The Hall–Kier alpha value is -2.42. The molecule has 2 amide bonds. The number of nitrogens with zero attached hydrogens (tertiary/aromatic N) is 4. The molecule has 0 aliphatic carbocycles. The van der Waals surface area contributed by atoms with E-state index in [-0.39, 0.29) is 5.95 Å². The number of hydrogen-bond acceptors (Lipinski definition) is 6. The average molecular weight is 251 g/mol. The normalized spacial score (nSPS) is 9.88. The monoisotopic (exact) mass is 251 g/mol. The summed E-state index contributed by atoms with van der Waals surface area (Å²) in [6.45, 7) is 0. The standard InChI is InChI=1S/C8H5N5O3S/c14-8(13-17(15)16)12-7-10-4-5-2-1-3-9-6(5)11-7/h1-4H,(H,9,10,11,12,14). The van der Waals surface area contributed by atoms with Gasteiger partial charge in [-0.2, -0.15) is 13.4 Å². The summed E-state index contributed by atoms with van der Waals surface area (Å²) < 4.78 is 23.0. The zero-order chi connectivity index (χ0) is 12.3. The van der Waals surface area contributed by atoms with Gasteiger partial charge in [-0.1, -0.05) is 4.36 Å². The SMILES string of the molecule is O=C(N=S(=O)=O)Nc1ncc2cccnc2n1. The lowest BCUT2D eigenvalue weighted by Crippen LogP contribution is -2.09. The van der Waals surface area contributed by atoms with Gasteiger partial charge >= 0.3 is 16.5 Å². The number of fused-ring (bicyclic) bond motifs is 1. The Morgan fingerprint density at radius 3 is 2.94 bits per heavy atom. The van der Waals surface area contributed by atoms with Crippen LogP contribution in [-0.2, 0) is 10.5 Å². The van der Waals surface area contributed by atoms with Gasteiger partial charge in [-0.3, -0.25) is 5.32 Å². The molecule has 0 saturated carbocycles.